The van der Waals surface area contributed by atoms with Crippen LogP contribution in [-0.4, -0.2) is 22.9 Å². The Bertz CT molecular complexity index is 389. The van der Waals surface area contributed by atoms with Gasteiger partial charge in [-0.25, -0.2) is 0 Å². The molecule has 0 spiro atoms. The second-order valence-electron chi connectivity index (χ2n) is 3.32. The van der Waals surface area contributed by atoms with Gasteiger partial charge in [-0.15, -0.1) is 0 Å². The molecule has 2 unspecified atom stereocenters. The second-order valence-corrected chi connectivity index (χ2v) is 3.32. The Kier molecular flexibility index (Phi) is 4.82. The quantitative estimate of drug-likeness (QED) is 0.823. The molecule has 0 bridgehead atoms. The van der Waals surface area contributed by atoms with Crippen LogP contribution >= 0.6 is 0 Å². The first-order valence-corrected chi connectivity index (χ1v) is 4.82. The molecule has 17 heavy (non-hydrogen) atoms. The SMILES string of the molecule is N#CCC(O)C(O)c1ccc(OC(F)F)cc1. The third kappa shape index (κ3) is 3.98. The van der Waals surface area contributed by atoms with Gasteiger partial charge in [0, 0.05) is 0 Å². The lowest BCUT2D eigenvalue weighted by Gasteiger charge is -2.15. The van der Waals surface area contributed by atoms with Gasteiger partial charge in [0.25, 0.3) is 0 Å². The minimum absolute atomic E-state index is 0.0364. The molecule has 0 saturated carbocycles. The molecule has 0 fully saturated rings. The fraction of sp³-hybridized carbons (Fsp3) is 0.364. The summed E-state index contributed by atoms with van der Waals surface area (Å²) < 4.78 is 27.8. The van der Waals surface area contributed by atoms with E-state index in [0.29, 0.717) is 5.56 Å². The summed E-state index contributed by atoms with van der Waals surface area (Å²) >= 11 is 0. The molecule has 0 saturated heterocycles. The molecule has 1 rings (SSSR count). The Morgan fingerprint density at radius 2 is 1.82 bits per heavy atom. The van der Waals surface area contributed by atoms with Crippen LogP contribution in [0.1, 0.15) is 18.1 Å². The molecule has 2 atom stereocenters. The number of benzene rings is 1. The fourth-order valence-electron chi connectivity index (χ4n) is 1.27. The van der Waals surface area contributed by atoms with Gasteiger partial charge in [-0.2, -0.15) is 14.0 Å². The predicted molar refractivity (Wildman–Crippen MR) is 54.3 cm³/mol. The number of nitrogens with zero attached hydrogens (tertiary/aromatic N) is 1. The smallest absolute Gasteiger partial charge is 0.387 e. The van der Waals surface area contributed by atoms with Gasteiger partial charge in [-0.05, 0) is 17.7 Å². The highest BCUT2D eigenvalue weighted by Crippen LogP contribution is 2.22. The molecule has 0 aliphatic carbocycles. The van der Waals surface area contributed by atoms with Crippen molar-refractivity contribution in [2.75, 3.05) is 0 Å². The van der Waals surface area contributed by atoms with Gasteiger partial charge in [-0.1, -0.05) is 12.1 Å². The van der Waals surface area contributed by atoms with Crippen LogP contribution < -0.4 is 4.74 Å². The van der Waals surface area contributed by atoms with Gasteiger partial charge >= 0.3 is 6.61 Å². The minimum Gasteiger partial charge on any atom is -0.435 e. The number of aliphatic hydroxyl groups is 2. The topological polar surface area (TPSA) is 73.5 Å². The van der Waals surface area contributed by atoms with E-state index >= 15 is 0 Å². The summed E-state index contributed by atoms with van der Waals surface area (Å²) in [5.74, 6) is -0.0364. The van der Waals surface area contributed by atoms with E-state index in [1.54, 1.807) is 6.07 Å². The van der Waals surface area contributed by atoms with Crippen LogP contribution in [0.4, 0.5) is 8.78 Å². The van der Waals surface area contributed by atoms with E-state index in [0.717, 1.165) is 0 Å². The zero-order valence-corrected chi connectivity index (χ0v) is 8.75. The molecular weight excluding hydrogens is 232 g/mol. The molecule has 0 heterocycles. The zero-order valence-electron chi connectivity index (χ0n) is 8.75. The van der Waals surface area contributed by atoms with Gasteiger partial charge in [0.15, 0.2) is 0 Å². The number of hydrogen-bond acceptors (Lipinski definition) is 4. The third-order valence-corrected chi connectivity index (χ3v) is 2.11. The molecule has 92 valence electrons. The highest BCUT2D eigenvalue weighted by molar-refractivity contribution is 5.29. The average Bonchev–Trinajstić information content (AvgIpc) is 2.28. The number of hydrogen-bond donors (Lipinski definition) is 2. The highest BCUT2D eigenvalue weighted by Gasteiger charge is 2.18. The van der Waals surface area contributed by atoms with Crippen LogP contribution in [0, 0.1) is 11.3 Å². The lowest BCUT2D eigenvalue weighted by Crippen LogP contribution is -2.17. The maximum atomic E-state index is 11.9. The van der Waals surface area contributed by atoms with Crippen molar-refractivity contribution in [3.8, 4) is 11.8 Å². The molecule has 0 radical (unpaired) electrons. The first-order chi connectivity index (χ1) is 8.04. The Balaban J connectivity index is 2.70. The van der Waals surface area contributed by atoms with Gasteiger partial charge in [0.05, 0.1) is 18.6 Å². The Morgan fingerprint density at radius 3 is 2.29 bits per heavy atom. The molecule has 2 N–H and O–H groups in total. The molecule has 0 amide bonds. The van der Waals surface area contributed by atoms with Crippen LogP contribution in [0.2, 0.25) is 0 Å². The van der Waals surface area contributed by atoms with E-state index in [1.807, 2.05) is 0 Å². The van der Waals surface area contributed by atoms with E-state index < -0.39 is 18.8 Å². The number of aliphatic hydroxyl groups excluding tert-OH is 2. The fourth-order valence-corrected chi connectivity index (χ4v) is 1.27. The van der Waals surface area contributed by atoms with Gasteiger partial charge < -0.3 is 14.9 Å². The summed E-state index contributed by atoms with van der Waals surface area (Å²) in [6.07, 6.45) is -2.65. The first-order valence-electron chi connectivity index (χ1n) is 4.82. The summed E-state index contributed by atoms with van der Waals surface area (Å²) in [6.45, 7) is -2.91. The largest absolute Gasteiger partial charge is 0.435 e. The van der Waals surface area contributed by atoms with Crippen molar-refractivity contribution in [3.05, 3.63) is 29.8 Å². The number of halogens is 2. The number of ether oxygens (including phenoxy) is 1. The maximum Gasteiger partial charge on any atom is 0.387 e. The standard InChI is InChI=1S/C11H11F2NO3/c12-11(13)17-8-3-1-7(2-4-8)10(16)9(15)5-6-14/h1-4,9-11,15-16H,5H2. The lowest BCUT2D eigenvalue weighted by atomic mass is 10.0. The van der Waals surface area contributed by atoms with Crippen molar-refractivity contribution in [1.82, 2.24) is 0 Å². The zero-order chi connectivity index (χ0) is 12.8. The Morgan fingerprint density at radius 1 is 1.24 bits per heavy atom. The molecule has 6 heteroatoms. The van der Waals surface area contributed by atoms with E-state index in [9.17, 15) is 19.0 Å². The van der Waals surface area contributed by atoms with E-state index in [1.165, 1.54) is 24.3 Å². The van der Waals surface area contributed by atoms with Crippen LogP contribution in [0.3, 0.4) is 0 Å². The highest BCUT2D eigenvalue weighted by atomic mass is 19.3. The molecular formula is C11H11F2NO3. The molecule has 0 aromatic heterocycles. The van der Waals surface area contributed by atoms with Gasteiger partial charge in [-0.3, -0.25) is 0 Å². The number of alkyl halides is 2. The maximum absolute atomic E-state index is 11.9. The van der Waals surface area contributed by atoms with Crippen molar-refractivity contribution in [2.24, 2.45) is 0 Å². The van der Waals surface area contributed by atoms with Crippen molar-refractivity contribution >= 4 is 0 Å². The monoisotopic (exact) mass is 243 g/mol. The van der Waals surface area contributed by atoms with Gasteiger partial charge in [0.2, 0.25) is 0 Å². The van der Waals surface area contributed by atoms with E-state index in [4.69, 9.17) is 5.26 Å². The summed E-state index contributed by atoms with van der Waals surface area (Å²) in [7, 11) is 0. The third-order valence-electron chi connectivity index (χ3n) is 2.11. The normalized spacial score (nSPS) is 14.1. The summed E-state index contributed by atoms with van der Waals surface area (Å²) in [6, 6.07) is 6.93. The van der Waals surface area contributed by atoms with E-state index in [-0.39, 0.29) is 12.2 Å². The summed E-state index contributed by atoms with van der Waals surface area (Å²) in [5, 5.41) is 27.3. The van der Waals surface area contributed by atoms with Crippen LogP contribution in [-0.2, 0) is 0 Å². The Hall–Kier alpha value is -1.71. The molecule has 0 aliphatic rings. The van der Waals surface area contributed by atoms with Gasteiger partial charge in [0.1, 0.15) is 11.9 Å². The van der Waals surface area contributed by atoms with Crippen molar-refractivity contribution in [3.63, 3.8) is 0 Å². The summed E-state index contributed by atoms with van der Waals surface area (Å²) in [4.78, 5) is 0. The molecule has 1 aromatic carbocycles. The molecule has 1 aromatic rings. The van der Waals surface area contributed by atoms with Crippen molar-refractivity contribution in [1.29, 1.82) is 5.26 Å². The minimum atomic E-state index is -2.91. The van der Waals surface area contributed by atoms with Crippen molar-refractivity contribution in [2.45, 2.75) is 25.2 Å². The van der Waals surface area contributed by atoms with Crippen LogP contribution in [0.25, 0.3) is 0 Å². The number of rotatable bonds is 5. The van der Waals surface area contributed by atoms with Crippen LogP contribution in [0.5, 0.6) is 5.75 Å². The first kappa shape index (κ1) is 13.4. The second kappa shape index (κ2) is 6.13. The predicted octanol–water partition coefficient (Wildman–Crippen LogP) is 1.60. The lowest BCUT2D eigenvalue weighted by molar-refractivity contribution is -0.0499. The molecule has 0 aliphatic heterocycles. The van der Waals surface area contributed by atoms with Crippen molar-refractivity contribution < 1.29 is 23.7 Å². The van der Waals surface area contributed by atoms with Crippen LogP contribution in [0.15, 0.2) is 24.3 Å². The van der Waals surface area contributed by atoms with E-state index in [2.05, 4.69) is 4.74 Å². The average molecular weight is 243 g/mol. The Labute approximate surface area is 96.7 Å². The summed E-state index contributed by atoms with van der Waals surface area (Å²) in [5.41, 5.74) is 0.328. The molecule has 4 nitrogen and oxygen atoms in total. The number of nitriles is 1.